The highest BCUT2D eigenvalue weighted by atomic mass is 35.5. The highest BCUT2D eigenvalue weighted by Gasteiger charge is 2.48. The van der Waals surface area contributed by atoms with Gasteiger partial charge in [0.05, 0.1) is 37.9 Å². The third kappa shape index (κ3) is 7.97. The fourth-order valence-corrected chi connectivity index (χ4v) is 10.8. The number of halogens is 1. The number of ether oxygens (including phenoxy) is 5. The van der Waals surface area contributed by atoms with E-state index in [4.69, 9.17) is 44.3 Å². The standard InChI is InChI=1S/C31H40ClN4O14PS/c1-30(11-44-12-30)28(39)46-15-48-51(41,49-16-47-29(40)31(2)13-45-14-31)17-52(42,43)10-21-23(37)24(38)27(50-21)36-8-7-19-22(34-18-5-3-4-6-18)20(9-33)25(32)35-26(19)36/h7-8,18,21,23-24,27,37-38H,3-6,10-17H2,1-2H3,(H,34,35)/t21-,23-,24-,27-/m1/s1. The molecule has 4 aliphatic rings. The molecule has 6 rings (SSSR count). The van der Waals surface area contributed by atoms with Gasteiger partial charge in [0.1, 0.15) is 46.4 Å². The first-order valence-electron chi connectivity index (χ1n) is 16.5. The van der Waals surface area contributed by atoms with Gasteiger partial charge in [-0.1, -0.05) is 24.4 Å². The minimum absolute atomic E-state index is 0.0880. The molecule has 1 saturated carbocycles. The Morgan fingerprint density at radius 2 is 1.65 bits per heavy atom. The molecular weight excluding hydrogens is 751 g/mol. The number of aromatic nitrogens is 2. The molecule has 2 aromatic rings. The van der Waals surface area contributed by atoms with Crippen LogP contribution in [0.2, 0.25) is 5.15 Å². The lowest BCUT2D eigenvalue weighted by molar-refractivity contribution is -0.189. The Labute approximate surface area is 304 Å². The number of nitrogens with one attached hydrogen (secondary N) is 1. The van der Waals surface area contributed by atoms with Crippen LogP contribution in [0.15, 0.2) is 12.3 Å². The number of hydrogen-bond acceptors (Lipinski definition) is 17. The number of sulfone groups is 1. The second-order valence-electron chi connectivity index (χ2n) is 14.0. The minimum atomic E-state index is -4.73. The van der Waals surface area contributed by atoms with Crippen molar-refractivity contribution in [1.82, 2.24) is 9.55 Å². The van der Waals surface area contributed by atoms with Crippen molar-refractivity contribution < 1.29 is 65.5 Å². The molecule has 3 N–H and O–H groups in total. The first kappa shape index (κ1) is 38.8. The topological polar surface area (TPSA) is 244 Å². The Morgan fingerprint density at radius 3 is 2.17 bits per heavy atom. The Balaban J connectivity index is 1.16. The molecular formula is C31H40ClN4O14PS. The van der Waals surface area contributed by atoms with Gasteiger partial charge < -0.3 is 43.8 Å². The van der Waals surface area contributed by atoms with Gasteiger partial charge in [0, 0.05) is 17.6 Å². The van der Waals surface area contributed by atoms with E-state index < -0.39 is 89.6 Å². The van der Waals surface area contributed by atoms with E-state index in [1.807, 2.05) is 0 Å². The molecule has 0 spiro atoms. The molecule has 3 saturated heterocycles. The molecule has 286 valence electrons. The maximum absolute atomic E-state index is 13.8. The lowest BCUT2D eigenvalue weighted by Gasteiger charge is -2.35. The van der Waals surface area contributed by atoms with Gasteiger partial charge in [-0.25, -0.2) is 13.4 Å². The molecule has 52 heavy (non-hydrogen) atoms. The number of pyridine rings is 1. The average Bonchev–Trinajstić information content (AvgIpc) is 3.78. The Kier molecular flexibility index (Phi) is 11.3. The maximum atomic E-state index is 13.8. The van der Waals surface area contributed by atoms with Crippen LogP contribution in [0.3, 0.4) is 0 Å². The number of carbonyl (C=O) groups is 2. The largest absolute Gasteiger partial charge is 0.437 e. The number of fused-ring (bicyclic) bond motifs is 1. The van der Waals surface area contributed by atoms with Crippen molar-refractivity contribution in [3.05, 3.63) is 23.0 Å². The number of aliphatic hydroxyl groups excluding tert-OH is 2. The quantitative estimate of drug-likeness (QED) is 0.101. The van der Waals surface area contributed by atoms with Gasteiger partial charge in [0.25, 0.3) is 0 Å². The molecule has 0 bridgehead atoms. The van der Waals surface area contributed by atoms with Gasteiger partial charge in [0.15, 0.2) is 26.7 Å². The van der Waals surface area contributed by atoms with Gasteiger partial charge in [-0.3, -0.25) is 23.2 Å². The summed E-state index contributed by atoms with van der Waals surface area (Å²) >= 11 is 6.41. The molecule has 1 aliphatic carbocycles. The van der Waals surface area contributed by atoms with E-state index in [9.17, 15) is 38.0 Å². The van der Waals surface area contributed by atoms with Crippen LogP contribution >= 0.6 is 19.2 Å². The van der Waals surface area contributed by atoms with Gasteiger partial charge in [-0.2, -0.15) is 5.26 Å². The summed E-state index contributed by atoms with van der Waals surface area (Å²) in [5.41, 5.74) is -2.38. The van der Waals surface area contributed by atoms with E-state index in [0.717, 1.165) is 25.7 Å². The van der Waals surface area contributed by atoms with Crippen molar-refractivity contribution in [3.63, 3.8) is 0 Å². The van der Waals surface area contributed by atoms with Gasteiger partial charge in [-0.05, 0) is 32.8 Å². The van der Waals surface area contributed by atoms with E-state index in [-0.39, 0.29) is 48.8 Å². The number of hydrogen-bond donors (Lipinski definition) is 3. The van der Waals surface area contributed by atoms with Gasteiger partial charge in [-0.15, -0.1) is 0 Å². The summed E-state index contributed by atoms with van der Waals surface area (Å²) in [6.07, 6.45) is -0.864. The van der Waals surface area contributed by atoms with Crippen molar-refractivity contribution in [2.24, 2.45) is 10.8 Å². The molecule has 18 nitrogen and oxygen atoms in total. The molecule has 0 aromatic carbocycles. The second-order valence-corrected chi connectivity index (χ2v) is 19.0. The van der Waals surface area contributed by atoms with Crippen LogP contribution in [0.5, 0.6) is 0 Å². The van der Waals surface area contributed by atoms with Crippen molar-refractivity contribution in [1.29, 1.82) is 5.26 Å². The third-order valence-corrected chi connectivity index (χ3v) is 14.5. The molecule has 5 heterocycles. The number of nitriles is 1. The SMILES string of the molecule is CC1(C(=O)OCOP(=O)(CS(=O)(=O)C[C@H]2O[C@@H](n3ccc4c(NC5CCCC5)c(C#N)c(Cl)nc43)[C@H](O)[C@@H]2O)OCOC(=O)C2(C)COC2)COC1. The summed E-state index contributed by atoms with van der Waals surface area (Å²) in [5, 5.41) is 35.6. The number of nitrogens with zero attached hydrogens (tertiary/aromatic N) is 3. The molecule has 3 aliphatic heterocycles. The second kappa shape index (κ2) is 15.1. The van der Waals surface area contributed by atoms with Crippen LogP contribution in [-0.2, 0) is 56.7 Å². The third-order valence-electron chi connectivity index (χ3n) is 9.56. The zero-order chi connectivity index (χ0) is 37.5. The van der Waals surface area contributed by atoms with Crippen LogP contribution in [0, 0.1) is 22.2 Å². The highest BCUT2D eigenvalue weighted by Crippen LogP contribution is 2.50. The predicted molar refractivity (Wildman–Crippen MR) is 179 cm³/mol. The smallest absolute Gasteiger partial charge is 0.351 e. The molecule has 4 fully saturated rings. The number of rotatable bonds is 15. The average molecular weight is 791 g/mol. The van der Waals surface area contributed by atoms with E-state index >= 15 is 0 Å². The lowest BCUT2D eigenvalue weighted by atomic mass is 9.89. The zero-order valence-corrected chi connectivity index (χ0v) is 30.9. The Bertz CT molecular complexity index is 1850. The van der Waals surface area contributed by atoms with Crippen LogP contribution in [0.25, 0.3) is 11.0 Å². The van der Waals surface area contributed by atoms with Crippen LogP contribution in [0.1, 0.15) is 51.3 Å². The number of carbonyl (C=O) groups excluding carboxylic acids is 2. The van der Waals surface area contributed by atoms with E-state index in [0.29, 0.717) is 11.1 Å². The Hall–Kier alpha value is -2.89. The fraction of sp³-hybridized carbons (Fsp3) is 0.677. The highest BCUT2D eigenvalue weighted by molar-refractivity contribution is 7.97. The van der Waals surface area contributed by atoms with Gasteiger partial charge in [0.2, 0.25) is 13.6 Å². The molecule has 21 heteroatoms. The maximum Gasteiger partial charge on any atom is 0.351 e. The molecule has 2 aromatic heterocycles. The number of aliphatic hydroxyl groups is 2. The first-order chi connectivity index (χ1) is 24.6. The number of esters is 2. The summed E-state index contributed by atoms with van der Waals surface area (Å²) < 4.78 is 78.5. The molecule has 4 atom stereocenters. The molecule has 0 amide bonds. The zero-order valence-electron chi connectivity index (χ0n) is 28.4. The monoisotopic (exact) mass is 790 g/mol. The summed E-state index contributed by atoms with van der Waals surface area (Å²) in [7, 11) is -9.24. The summed E-state index contributed by atoms with van der Waals surface area (Å²) in [4.78, 5) is 29.2. The fourth-order valence-electron chi connectivity index (χ4n) is 6.34. The molecule has 0 radical (unpaired) electrons. The van der Waals surface area contributed by atoms with E-state index in [1.165, 1.54) is 10.8 Å². The van der Waals surface area contributed by atoms with Crippen LogP contribution in [-0.4, -0.2) is 116 Å². The van der Waals surface area contributed by atoms with Gasteiger partial charge >= 0.3 is 19.5 Å². The van der Waals surface area contributed by atoms with Crippen molar-refractivity contribution in [2.45, 2.75) is 70.1 Å². The predicted octanol–water partition coefficient (Wildman–Crippen LogP) is 2.21. The normalized spacial score (nSPS) is 25.6. The minimum Gasteiger partial charge on any atom is -0.437 e. The summed E-state index contributed by atoms with van der Waals surface area (Å²) in [5.74, 6) is -2.43. The Morgan fingerprint density at radius 1 is 1.08 bits per heavy atom. The summed E-state index contributed by atoms with van der Waals surface area (Å²) in [6, 6.07) is 3.84. The number of anilines is 1. The van der Waals surface area contributed by atoms with E-state index in [2.05, 4.69) is 16.4 Å². The lowest BCUT2D eigenvalue weighted by Crippen LogP contribution is -2.47. The van der Waals surface area contributed by atoms with Crippen LogP contribution < -0.4 is 5.32 Å². The van der Waals surface area contributed by atoms with Crippen molar-refractivity contribution >= 4 is 57.7 Å². The van der Waals surface area contributed by atoms with Crippen molar-refractivity contribution in [2.75, 3.05) is 56.6 Å². The first-order valence-corrected chi connectivity index (χ1v) is 20.5. The molecule has 0 unspecified atom stereocenters. The summed E-state index contributed by atoms with van der Waals surface area (Å²) in [6.45, 7) is 1.60. The van der Waals surface area contributed by atoms with E-state index in [1.54, 1.807) is 19.9 Å². The van der Waals surface area contributed by atoms with Crippen LogP contribution in [0.4, 0.5) is 5.69 Å². The van der Waals surface area contributed by atoms with Crippen molar-refractivity contribution in [3.8, 4) is 6.07 Å².